The highest BCUT2D eigenvalue weighted by Crippen LogP contribution is 2.26. The van der Waals surface area contributed by atoms with Gasteiger partial charge < -0.3 is 20.1 Å². The van der Waals surface area contributed by atoms with Crippen LogP contribution in [0.15, 0.2) is 36.4 Å². The number of carbonyl (C=O) groups is 2. The van der Waals surface area contributed by atoms with Crippen molar-refractivity contribution in [3.63, 3.8) is 0 Å². The fraction of sp³-hybridized carbons (Fsp3) is 0.478. The molecule has 1 aliphatic heterocycles. The maximum absolute atomic E-state index is 12.9. The Bertz CT molecular complexity index is 891. The van der Waals surface area contributed by atoms with E-state index in [4.69, 9.17) is 9.47 Å². The molecule has 2 aliphatic rings. The van der Waals surface area contributed by atoms with Crippen LogP contribution in [-0.2, 0) is 9.53 Å². The Morgan fingerprint density at radius 2 is 1.83 bits per heavy atom. The number of hydrogen-bond donors (Lipinski definition) is 2. The minimum Gasteiger partial charge on any atom is -0.483 e. The molecule has 0 atom stereocenters. The zero-order valence-electron chi connectivity index (χ0n) is 17.2. The molecular weight excluding hydrogens is 382 g/mol. The Hall–Kier alpha value is -2.64. The standard InChI is InChI=1S/C23H29N3O4/c27-22(25-19-6-7-19)16-30-21-15-18-5-2-1-4-17(18)14-20(21)23(28)24-8-3-9-26-10-12-29-13-11-26/h1-2,4-5,14-15,19H,3,6-13,16H2,(H,24,28)(H,25,27). The average Bonchev–Trinajstić information content (AvgIpc) is 3.59. The van der Waals surface area contributed by atoms with Crippen molar-refractivity contribution in [1.29, 1.82) is 0 Å². The summed E-state index contributed by atoms with van der Waals surface area (Å²) in [5.41, 5.74) is 0.458. The number of amides is 2. The van der Waals surface area contributed by atoms with Crippen LogP contribution in [0.4, 0.5) is 0 Å². The predicted octanol–water partition coefficient (Wildman–Crippen LogP) is 1.95. The molecule has 2 fully saturated rings. The van der Waals surface area contributed by atoms with Gasteiger partial charge in [0.2, 0.25) is 0 Å². The van der Waals surface area contributed by atoms with E-state index >= 15 is 0 Å². The Kier molecular flexibility index (Phi) is 6.81. The van der Waals surface area contributed by atoms with E-state index in [-0.39, 0.29) is 24.5 Å². The van der Waals surface area contributed by atoms with Gasteiger partial charge in [0.25, 0.3) is 11.8 Å². The van der Waals surface area contributed by atoms with Crippen LogP contribution in [0.5, 0.6) is 5.75 Å². The van der Waals surface area contributed by atoms with E-state index in [2.05, 4.69) is 15.5 Å². The third-order valence-electron chi connectivity index (χ3n) is 5.43. The number of hydrogen-bond acceptors (Lipinski definition) is 5. The maximum Gasteiger partial charge on any atom is 0.258 e. The van der Waals surface area contributed by atoms with Gasteiger partial charge in [0.05, 0.1) is 18.8 Å². The van der Waals surface area contributed by atoms with Gasteiger partial charge in [-0.2, -0.15) is 0 Å². The van der Waals surface area contributed by atoms with E-state index in [1.54, 1.807) is 0 Å². The second-order valence-corrected chi connectivity index (χ2v) is 7.89. The highest BCUT2D eigenvalue weighted by molar-refractivity contribution is 6.01. The Morgan fingerprint density at radius 1 is 1.10 bits per heavy atom. The van der Waals surface area contributed by atoms with E-state index in [0.717, 1.165) is 62.9 Å². The van der Waals surface area contributed by atoms with Crippen molar-refractivity contribution in [2.75, 3.05) is 46.0 Å². The van der Waals surface area contributed by atoms with Crippen molar-refractivity contribution < 1.29 is 19.1 Å². The largest absolute Gasteiger partial charge is 0.483 e. The summed E-state index contributed by atoms with van der Waals surface area (Å²) >= 11 is 0. The molecule has 0 unspecified atom stereocenters. The normalized spacial score (nSPS) is 16.9. The molecule has 7 nitrogen and oxygen atoms in total. The average molecular weight is 412 g/mol. The molecule has 30 heavy (non-hydrogen) atoms. The molecule has 0 radical (unpaired) electrons. The van der Waals surface area contributed by atoms with E-state index in [1.165, 1.54) is 0 Å². The van der Waals surface area contributed by atoms with Crippen LogP contribution in [0.2, 0.25) is 0 Å². The number of fused-ring (bicyclic) bond motifs is 1. The Labute approximate surface area is 176 Å². The van der Waals surface area contributed by atoms with Gasteiger partial charge in [0, 0.05) is 25.7 Å². The number of carbonyl (C=O) groups excluding carboxylic acids is 2. The molecule has 7 heteroatoms. The van der Waals surface area contributed by atoms with E-state index in [0.29, 0.717) is 17.9 Å². The third kappa shape index (κ3) is 5.70. The van der Waals surface area contributed by atoms with E-state index in [1.807, 2.05) is 36.4 Å². The van der Waals surface area contributed by atoms with E-state index in [9.17, 15) is 9.59 Å². The lowest BCUT2D eigenvalue weighted by molar-refractivity contribution is -0.123. The molecule has 1 saturated heterocycles. The van der Waals surface area contributed by atoms with Gasteiger partial charge in [-0.3, -0.25) is 14.5 Å². The highest BCUT2D eigenvalue weighted by Gasteiger charge is 2.23. The molecule has 0 aromatic heterocycles. The van der Waals surface area contributed by atoms with Crippen LogP contribution in [0.3, 0.4) is 0 Å². The SMILES string of the molecule is O=C(COc1cc2ccccc2cc1C(=O)NCCCN1CCOCC1)NC1CC1. The molecule has 1 saturated carbocycles. The second-order valence-electron chi connectivity index (χ2n) is 7.89. The molecule has 2 amide bonds. The molecule has 1 heterocycles. The number of morpholine rings is 1. The first-order valence-electron chi connectivity index (χ1n) is 10.7. The monoisotopic (exact) mass is 411 g/mol. The second kappa shape index (κ2) is 9.91. The first kappa shape index (κ1) is 20.6. The summed E-state index contributed by atoms with van der Waals surface area (Å²) < 4.78 is 11.1. The summed E-state index contributed by atoms with van der Waals surface area (Å²) in [5.74, 6) is 0.105. The summed E-state index contributed by atoms with van der Waals surface area (Å²) in [6.45, 7) is 4.87. The van der Waals surface area contributed by atoms with Crippen LogP contribution in [0, 0.1) is 0 Å². The molecule has 0 bridgehead atoms. The fourth-order valence-electron chi connectivity index (χ4n) is 3.58. The Morgan fingerprint density at radius 3 is 2.57 bits per heavy atom. The zero-order chi connectivity index (χ0) is 20.8. The van der Waals surface area contributed by atoms with Crippen molar-refractivity contribution in [2.45, 2.75) is 25.3 Å². The van der Waals surface area contributed by atoms with Crippen LogP contribution < -0.4 is 15.4 Å². The predicted molar refractivity (Wildman–Crippen MR) is 115 cm³/mol. The molecule has 2 aromatic carbocycles. The summed E-state index contributed by atoms with van der Waals surface area (Å²) in [5, 5.41) is 7.84. The van der Waals surface area contributed by atoms with Gasteiger partial charge in [0.1, 0.15) is 5.75 Å². The first-order valence-corrected chi connectivity index (χ1v) is 10.7. The van der Waals surface area contributed by atoms with Crippen molar-refractivity contribution in [3.8, 4) is 5.75 Å². The lowest BCUT2D eigenvalue weighted by Crippen LogP contribution is -2.38. The summed E-state index contributed by atoms with van der Waals surface area (Å²) in [6, 6.07) is 11.8. The van der Waals surface area contributed by atoms with Gasteiger partial charge in [-0.15, -0.1) is 0 Å². The highest BCUT2D eigenvalue weighted by atomic mass is 16.5. The molecule has 1 aliphatic carbocycles. The first-order chi connectivity index (χ1) is 14.7. The number of nitrogens with zero attached hydrogens (tertiary/aromatic N) is 1. The third-order valence-corrected chi connectivity index (χ3v) is 5.43. The molecular formula is C23H29N3O4. The number of rotatable bonds is 9. The number of nitrogens with one attached hydrogen (secondary N) is 2. The summed E-state index contributed by atoms with van der Waals surface area (Å²) in [4.78, 5) is 27.2. The molecule has 2 aromatic rings. The van der Waals surface area contributed by atoms with Gasteiger partial charge in [-0.05, 0) is 48.7 Å². The van der Waals surface area contributed by atoms with Crippen molar-refractivity contribution in [1.82, 2.24) is 15.5 Å². The lowest BCUT2D eigenvalue weighted by Gasteiger charge is -2.26. The van der Waals surface area contributed by atoms with Crippen molar-refractivity contribution >= 4 is 22.6 Å². The van der Waals surface area contributed by atoms with Crippen LogP contribution >= 0.6 is 0 Å². The van der Waals surface area contributed by atoms with E-state index < -0.39 is 0 Å². The molecule has 160 valence electrons. The van der Waals surface area contributed by atoms with Crippen LogP contribution in [0.25, 0.3) is 10.8 Å². The fourth-order valence-corrected chi connectivity index (χ4v) is 3.58. The Balaban J connectivity index is 1.38. The van der Waals surface area contributed by atoms with Gasteiger partial charge >= 0.3 is 0 Å². The quantitative estimate of drug-likeness (QED) is 0.617. The lowest BCUT2D eigenvalue weighted by atomic mass is 10.1. The smallest absolute Gasteiger partial charge is 0.258 e. The van der Waals surface area contributed by atoms with Gasteiger partial charge in [0.15, 0.2) is 6.61 Å². The van der Waals surface area contributed by atoms with Crippen LogP contribution in [-0.4, -0.2) is 68.8 Å². The summed E-state index contributed by atoms with van der Waals surface area (Å²) in [6.07, 6.45) is 2.93. The minimum absolute atomic E-state index is 0.0911. The van der Waals surface area contributed by atoms with Gasteiger partial charge in [-0.25, -0.2) is 0 Å². The van der Waals surface area contributed by atoms with Crippen molar-refractivity contribution in [3.05, 3.63) is 42.0 Å². The topological polar surface area (TPSA) is 79.9 Å². The molecule has 4 rings (SSSR count). The van der Waals surface area contributed by atoms with Crippen molar-refractivity contribution in [2.24, 2.45) is 0 Å². The zero-order valence-corrected chi connectivity index (χ0v) is 17.2. The molecule has 0 spiro atoms. The van der Waals surface area contributed by atoms with Gasteiger partial charge in [-0.1, -0.05) is 24.3 Å². The summed E-state index contributed by atoms with van der Waals surface area (Å²) in [7, 11) is 0. The minimum atomic E-state index is -0.180. The number of benzene rings is 2. The molecule has 2 N–H and O–H groups in total. The number of ether oxygens (including phenoxy) is 2. The van der Waals surface area contributed by atoms with Crippen LogP contribution in [0.1, 0.15) is 29.6 Å². The maximum atomic E-state index is 12.9.